The Morgan fingerprint density at radius 3 is 2.87 bits per heavy atom. The summed E-state index contributed by atoms with van der Waals surface area (Å²) >= 11 is 0.935. The first-order valence-corrected chi connectivity index (χ1v) is 9.61. The van der Waals surface area contributed by atoms with Gasteiger partial charge in [0.05, 0.1) is 22.8 Å². The minimum Gasteiger partial charge on any atom is -0.319 e. The maximum Gasteiger partial charge on any atom is 0.265 e. The number of carbonyl (C=O) groups excluding carboxylic acids is 1. The van der Waals surface area contributed by atoms with Crippen LogP contribution in [0.4, 0.5) is 5.69 Å². The highest BCUT2D eigenvalue weighted by atomic mass is 32.2. The number of carbonyl (C=O) groups is 1. The molecule has 2 heterocycles. The van der Waals surface area contributed by atoms with Gasteiger partial charge in [0.2, 0.25) is 0 Å². The van der Waals surface area contributed by atoms with Gasteiger partial charge in [-0.3, -0.25) is 9.48 Å². The average molecular weight is 352 g/mol. The molecule has 122 valence electrons. The van der Waals surface area contributed by atoms with Gasteiger partial charge in [0.1, 0.15) is 4.21 Å². The third-order valence-corrected chi connectivity index (χ3v) is 5.89. The predicted molar refractivity (Wildman–Crippen MR) is 87.1 cm³/mol. The van der Waals surface area contributed by atoms with Crippen molar-refractivity contribution in [3.05, 3.63) is 29.4 Å². The summed E-state index contributed by atoms with van der Waals surface area (Å²) in [5.41, 5.74) is 0.546. The minimum atomic E-state index is -3.30. The van der Waals surface area contributed by atoms with E-state index in [1.807, 2.05) is 0 Å². The number of nitrogens with one attached hydrogen (secondary N) is 1. The SMILES string of the molecule is CS(=O)(=O)c1ccc(C(=O)Nc2cnn(CCCCC#N)c2)s1. The number of unbranched alkanes of at least 4 members (excludes halogenated alkanes) is 2. The van der Waals surface area contributed by atoms with E-state index in [0.29, 0.717) is 23.5 Å². The molecule has 0 radical (unpaired) electrons. The fourth-order valence-electron chi connectivity index (χ4n) is 1.86. The Balaban J connectivity index is 1.94. The summed E-state index contributed by atoms with van der Waals surface area (Å²) in [6.45, 7) is 0.675. The van der Waals surface area contributed by atoms with Crippen LogP contribution in [-0.4, -0.2) is 30.4 Å². The van der Waals surface area contributed by atoms with E-state index >= 15 is 0 Å². The maximum absolute atomic E-state index is 12.1. The van der Waals surface area contributed by atoms with Gasteiger partial charge < -0.3 is 5.32 Å². The summed E-state index contributed by atoms with van der Waals surface area (Å²) in [7, 11) is -3.30. The van der Waals surface area contributed by atoms with Gasteiger partial charge in [-0.15, -0.1) is 11.3 Å². The summed E-state index contributed by atoms with van der Waals surface area (Å²) < 4.78 is 24.7. The van der Waals surface area contributed by atoms with E-state index in [1.54, 1.807) is 10.9 Å². The fraction of sp³-hybridized carbons (Fsp3) is 0.357. The Bertz CT molecular complexity index is 830. The monoisotopic (exact) mass is 352 g/mol. The Hall–Kier alpha value is -2.18. The standard InChI is InChI=1S/C14H16N4O3S2/c1-23(20,21)13-6-5-12(22-13)14(19)17-11-9-16-18(10-11)8-4-2-3-7-15/h5-6,9-10H,2-4,8H2,1H3,(H,17,19). The van der Waals surface area contributed by atoms with Crippen LogP contribution >= 0.6 is 11.3 Å². The Labute approximate surface area is 138 Å². The molecule has 2 rings (SSSR count). The molecule has 1 N–H and O–H groups in total. The normalized spacial score (nSPS) is 11.1. The molecule has 0 aromatic carbocycles. The number of anilines is 1. The van der Waals surface area contributed by atoms with Crippen molar-refractivity contribution in [1.82, 2.24) is 9.78 Å². The van der Waals surface area contributed by atoms with Crippen molar-refractivity contribution in [2.75, 3.05) is 11.6 Å². The van der Waals surface area contributed by atoms with Crippen molar-refractivity contribution in [2.45, 2.75) is 30.0 Å². The summed E-state index contributed by atoms with van der Waals surface area (Å²) in [5.74, 6) is -0.367. The third kappa shape index (κ3) is 4.91. The largest absolute Gasteiger partial charge is 0.319 e. The number of amides is 1. The zero-order chi connectivity index (χ0) is 16.9. The molecule has 7 nitrogen and oxygen atoms in total. The van der Waals surface area contributed by atoms with Crippen LogP contribution in [0.5, 0.6) is 0 Å². The van der Waals surface area contributed by atoms with E-state index in [2.05, 4.69) is 16.5 Å². The molecular formula is C14H16N4O3S2. The van der Waals surface area contributed by atoms with Crippen molar-refractivity contribution < 1.29 is 13.2 Å². The molecule has 0 bridgehead atoms. The van der Waals surface area contributed by atoms with Gasteiger partial charge in [-0.05, 0) is 25.0 Å². The second-order valence-electron chi connectivity index (χ2n) is 4.95. The van der Waals surface area contributed by atoms with Crippen molar-refractivity contribution in [1.29, 1.82) is 5.26 Å². The van der Waals surface area contributed by atoms with Crippen LogP contribution < -0.4 is 5.32 Å². The van der Waals surface area contributed by atoms with Gasteiger partial charge >= 0.3 is 0 Å². The summed E-state index contributed by atoms with van der Waals surface area (Å²) in [5, 5.41) is 15.3. The minimum absolute atomic E-state index is 0.163. The van der Waals surface area contributed by atoms with Gasteiger partial charge in [-0.2, -0.15) is 10.4 Å². The Morgan fingerprint density at radius 2 is 2.22 bits per heavy atom. The van der Waals surface area contributed by atoms with Gasteiger partial charge in [-0.1, -0.05) is 0 Å². The molecule has 2 aromatic rings. The number of aryl methyl sites for hydroxylation is 1. The zero-order valence-corrected chi connectivity index (χ0v) is 14.2. The van der Waals surface area contributed by atoms with Crippen LogP contribution in [0.2, 0.25) is 0 Å². The van der Waals surface area contributed by atoms with Crippen LogP contribution in [0.3, 0.4) is 0 Å². The first-order chi connectivity index (χ1) is 10.9. The molecule has 0 atom stereocenters. The van der Waals surface area contributed by atoms with Crippen molar-refractivity contribution in [3.8, 4) is 6.07 Å². The lowest BCUT2D eigenvalue weighted by atomic mass is 10.2. The topological polar surface area (TPSA) is 105 Å². The van der Waals surface area contributed by atoms with Crippen molar-refractivity contribution in [2.24, 2.45) is 0 Å². The molecule has 0 saturated carbocycles. The van der Waals surface area contributed by atoms with E-state index in [0.717, 1.165) is 30.4 Å². The lowest BCUT2D eigenvalue weighted by molar-refractivity contribution is 0.103. The highest BCUT2D eigenvalue weighted by molar-refractivity contribution is 7.92. The molecule has 0 unspecified atom stereocenters. The number of sulfone groups is 1. The molecule has 9 heteroatoms. The summed E-state index contributed by atoms with van der Waals surface area (Å²) in [6, 6.07) is 5.00. The highest BCUT2D eigenvalue weighted by Gasteiger charge is 2.15. The summed E-state index contributed by atoms with van der Waals surface area (Å²) in [6.07, 6.45) is 6.51. The number of rotatable bonds is 7. The molecule has 0 aliphatic carbocycles. The third-order valence-electron chi connectivity index (χ3n) is 2.99. The van der Waals surface area contributed by atoms with Crippen LogP contribution in [0.1, 0.15) is 28.9 Å². The number of hydrogen-bond acceptors (Lipinski definition) is 6. The van der Waals surface area contributed by atoms with Gasteiger partial charge in [0.25, 0.3) is 5.91 Å². The van der Waals surface area contributed by atoms with Crippen LogP contribution in [0.15, 0.2) is 28.7 Å². The molecular weight excluding hydrogens is 336 g/mol. The second kappa shape index (κ2) is 7.39. The summed E-state index contributed by atoms with van der Waals surface area (Å²) in [4.78, 5) is 12.4. The maximum atomic E-state index is 12.1. The van der Waals surface area contributed by atoms with E-state index < -0.39 is 9.84 Å². The lowest BCUT2D eigenvalue weighted by Gasteiger charge is -2.00. The van der Waals surface area contributed by atoms with Crippen LogP contribution in [-0.2, 0) is 16.4 Å². The van der Waals surface area contributed by atoms with Gasteiger partial charge in [0, 0.05) is 25.4 Å². The molecule has 1 amide bonds. The zero-order valence-electron chi connectivity index (χ0n) is 12.5. The Morgan fingerprint density at radius 1 is 1.43 bits per heavy atom. The predicted octanol–water partition coefficient (Wildman–Crippen LogP) is 2.29. The van der Waals surface area contributed by atoms with E-state index in [-0.39, 0.29) is 10.1 Å². The highest BCUT2D eigenvalue weighted by Crippen LogP contribution is 2.22. The van der Waals surface area contributed by atoms with E-state index in [1.165, 1.54) is 18.3 Å². The van der Waals surface area contributed by atoms with Crippen LogP contribution in [0.25, 0.3) is 0 Å². The van der Waals surface area contributed by atoms with Crippen molar-refractivity contribution in [3.63, 3.8) is 0 Å². The smallest absolute Gasteiger partial charge is 0.265 e. The Kier molecular flexibility index (Phi) is 5.52. The lowest BCUT2D eigenvalue weighted by Crippen LogP contribution is -2.09. The van der Waals surface area contributed by atoms with Gasteiger partial charge in [-0.25, -0.2) is 8.42 Å². The molecule has 0 aliphatic heterocycles. The number of nitrogens with zero attached hydrogens (tertiary/aromatic N) is 3. The van der Waals surface area contributed by atoms with E-state index in [9.17, 15) is 13.2 Å². The molecule has 23 heavy (non-hydrogen) atoms. The van der Waals surface area contributed by atoms with Crippen molar-refractivity contribution >= 4 is 32.8 Å². The van der Waals surface area contributed by atoms with Crippen LogP contribution in [0, 0.1) is 11.3 Å². The van der Waals surface area contributed by atoms with E-state index in [4.69, 9.17) is 5.26 Å². The number of nitriles is 1. The number of aromatic nitrogens is 2. The first-order valence-electron chi connectivity index (χ1n) is 6.91. The molecule has 0 aliphatic rings. The quantitative estimate of drug-likeness (QED) is 0.770. The average Bonchev–Trinajstić information content (AvgIpc) is 3.12. The molecule has 0 spiro atoms. The molecule has 0 fully saturated rings. The fourth-order valence-corrected chi connectivity index (χ4v) is 3.69. The molecule has 0 saturated heterocycles. The number of hydrogen-bond donors (Lipinski definition) is 1. The second-order valence-corrected chi connectivity index (χ2v) is 8.28. The molecule has 2 aromatic heterocycles. The van der Waals surface area contributed by atoms with Gasteiger partial charge in [0.15, 0.2) is 9.84 Å². The first kappa shape index (κ1) is 17.2. The number of thiophene rings is 1.